The van der Waals surface area contributed by atoms with Crippen molar-refractivity contribution in [3.05, 3.63) is 53.6 Å². The van der Waals surface area contributed by atoms with Crippen molar-refractivity contribution < 1.29 is 9.59 Å². The maximum atomic E-state index is 12.6. The zero-order valence-corrected chi connectivity index (χ0v) is 15.4. The van der Waals surface area contributed by atoms with Gasteiger partial charge in [0, 0.05) is 35.6 Å². The van der Waals surface area contributed by atoms with Gasteiger partial charge in [-0.1, -0.05) is 0 Å². The van der Waals surface area contributed by atoms with Crippen LogP contribution >= 0.6 is 11.3 Å². The van der Waals surface area contributed by atoms with Crippen molar-refractivity contribution in [2.75, 3.05) is 10.6 Å². The van der Waals surface area contributed by atoms with Crippen LogP contribution in [0.4, 0.5) is 11.5 Å². The molecule has 4 rings (SSSR count). The first-order valence-corrected chi connectivity index (χ1v) is 9.36. The van der Waals surface area contributed by atoms with Gasteiger partial charge in [-0.2, -0.15) is 0 Å². The SMILES string of the molecule is Cc1ncc(-c2cncc(NC(=O)c3ccnc(NC(=O)C4CC4)c3)c2)s1. The molecule has 0 radical (unpaired) electrons. The molecule has 3 aromatic heterocycles. The fraction of sp³-hybridized carbons (Fsp3) is 0.211. The summed E-state index contributed by atoms with van der Waals surface area (Å²) < 4.78 is 0. The Morgan fingerprint density at radius 2 is 1.96 bits per heavy atom. The van der Waals surface area contributed by atoms with Crippen LogP contribution in [0.1, 0.15) is 28.2 Å². The number of amides is 2. The molecule has 3 heterocycles. The Morgan fingerprint density at radius 1 is 1.11 bits per heavy atom. The van der Waals surface area contributed by atoms with E-state index in [-0.39, 0.29) is 17.7 Å². The molecular weight excluding hydrogens is 362 g/mol. The number of pyridine rings is 2. The Hall–Kier alpha value is -3.13. The summed E-state index contributed by atoms with van der Waals surface area (Å²) in [6.45, 7) is 1.94. The van der Waals surface area contributed by atoms with Gasteiger partial charge < -0.3 is 10.6 Å². The predicted molar refractivity (Wildman–Crippen MR) is 104 cm³/mol. The molecule has 0 unspecified atom stereocenters. The second-order valence-corrected chi connectivity index (χ2v) is 7.59. The van der Waals surface area contributed by atoms with E-state index in [9.17, 15) is 9.59 Å². The van der Waals surface area contributed by atoms with Crippen LogP contribution in [-0.4, -0.2) is 26.8 Å². The number of hydrogen-bond acceptors (Lipinski definition) is 6. The molecule has 136 valence electrons. The fourth-order valence-electron chi connectivity index (χ4n) is 2.56. The summed E-state index contributed by atoms with van der Waals surface area (Å²) in [7, 11) is 0. The van der Waals surface area contributed by atoms with E-state index in [2.05, 4.69) is 25.6 Å². The minimum Gasteiger partial charge on any atom is -0.321 e. The molecule has 0 saturated heterocycles. The van der Waals surface area contributed by atoms with E-state index in [1.54, 1.807) is 42.1 Å². The summed E-state index contributed by atoms with van der Waals surface area (Å²) in [4.78, 5) is 38.0. The van der Waals surface area contributed by atoms with Gasteiger partial charge in [0.2, 0.25) is 5.91 Å². The van der Waals surface area contributed by atoms with Crippen molar-refractivity contribution in [3.63, 3.8) is 0 Å². The van der Waals surface area contributed by atoms with Crippen molar-refractivity contribution in [3.8, 4) is 10.4 Å². The van der Waals surface area contributed by atoms with E-state index in [4.69, 9.17) is 0 Å². The molecule has 27 heavy (non-hydrogen) atoms. The summed E-state index contributed by atoms with van der Waals surface area (Å²) in [6.07, 6.45) is 8.45. The molecule has 1 fully saturated rings. The van der Waals surface area contributed by atoms with Crippen LogP contribution in [-0.2, 0) is 4.79 Å². The zero-order chi connectivity index (χ0) is 18.8. The summed E-state index contributed by atoms with van der Waals surface area (Å²) in [5.41, 5.74) is 1.89. The molecule has 2 N–H and O–H groups in total. The molecule has 2 amide bonds. The van der Waals surface area contributed by atoms with E-state index < -0.39 is 0 Å². The molecule has 7 nitrogen and oxygen atoms in total. The lowest BCUT2D eigenvalue weighted by atomic mass is 10.2. The Bertz CT molecular complexity index is 1010. The summed E-state index contributed by atoms with van der Waals surface area (Å²) in [6, 6.07) is 5.03. The number of thiazole rings is 1. The minimum absolute atomic E-state index is 0.0446. The van der Waals surface area contributed by atoms with Gasteiger partial charge in [0.25, 0.3) is 5.91 Å². The average Bonchev–Trinajstić information content (AvgIpc) is 3.43. The minimum atomic E-state index is -0.293. The van der Waals surface area contributed by atoms with Gasteiger partial charge in [-0.25, -0.2) is 9.97 Å². The first kappa shape index (κ1) is 17.3. The van der Waals surface area contributed by atoms with Gasteiger partial charge in [-0.15, -0.1) is 11.3 Å². The van der Waals surface area contributed by atoms with E-state index in [1.165, 1.54) is 6.20 Å². The first-order valence-electron chi connectivity index (χ1n) is 8.54. The lowest BCUT2D eigenvalue weighted by Crippen LogP contribution is -2.16. The highest BCUT2D eigenvalue weighted by atomic mass is 32.1. The largest absolute Gasteiger partial charge is 0.321 e. The molecule has 1 aliphatic carbocycles. The highest BCUT2D eigenvalue weighted by Crippen LogP contribution is 2.30. The average molecular weight is 379 g/mol. The second kappa shape index (κ2) is 7.24. The quantitative estimate of drug-likeness (QED) is 0.707. The number of anilines is 2. The number of rotatable bonds is 5. The van der Waals surface area contributed by atoms with Crippen molar-refractivity contribution in [1.29, 1.82) is 0 Å². The highest BCUT2D eigenvalue weighted by molar-refractivity contribution is 7.15. The molecule has 3 aromatic rings. The molecule has 0 atom stereocenters. The van der Waals surface area contributed by atoms with Gasteiger partial charge in [0.1, 0.15) is 5.82 Å². The van der Waals surface area contributed by atoms with E-state index in [0.717, 1.165) is 28.3 Å². The smallest absolute Gasteiger partial charge is 0.255 e. The monoisotopic (exact) mass is 379 g/mol. The molecule has 1 saturated carbocycles. The maximum Gasteiger partial charge on any atom is 0.255 e. The van der Waals surface area contributed by atoms with Crippen molar-refractivity contribution in [2.45, 2.75) is 19.8 Å². The highest BCUT2D eigenvalue weighted by Gasteiger charge is 2.29. The molecule has 0 bridgehead atoms. The maximum absolute atomic E-state index is 12.6. The first-order chi connectivity index (χ1) is 13.1. The predicted octanol–water partition coefficient (Wildman–Crippen LogP) is 3.51. The molecular formula is C19H17N5O2S. The summed E-state index contributed by atoms with van der Waals surface area (Å²) in [5, 5.41) is 6.55. The lowest BCUT2D eigenvalue weighted by Gasteiger charge is -2.08. The van der Waals surface area contributed by atoms with Crippen molar-refractivity contribution >= 4 is 34.7 Å². The van der Waals surface area contributed by atoms with Gasteiger partial charge in [0.05, 0.1) is 21.8 Å². The van der Waals surface area contributed by atoms with Crippen LogP contribution in [0.2, 0.25) is 0 Å². The number of aryl methyl sites for hydroxylation is 1. The van der Waals surface area contributed by atoms with Crippen LogP contribution in [0.5, 0.6) is 0 Å². The number of carbonyl (C=O) groups excluding carboxylic acids is 2. The molecule has 0 aliphatic heterocycles. The van der Waals surface area contributed by atoms with E-state index in [0.29, 0.717) is 17.1 Å². The fourth-order valence-corrected chi connectivity index (χ4v) is 3.31. The molecule has 8 heteroatoms. The number of nitrogens with zero attached hydrogens (tertiary/aromatic N) is 3. The molecule has 1 aliphatic rings. The topological polar surface area (TPSA) is 96.9 Å². The number of nitrogens with one attached hydrogen (secondary N) is 2. The van der Waals surface area contributed by atoms with Crippen LogP contribution < -0.4 is 10.6 Å². The van der Waals surface area contributed by atoms with E-state index in [1.807, 2.05) is 13.0 Å². The summed E-state index contributed by atoms with van der Waals surface area (Å²) >= 11 is 1.57. The Kier molecular flexibility index (Phi) is 4.64. The summed E-state index contributed by atoms with van der Waals surface area (Å²) in [5.74, 6) is 0.121. The van der Waals surface area contributed by atoms with Crippen LogP contribution in [0, 0.1) is 12.8 Å². The van der Waals surface area contributed by atoms with Gasteiger partial charge >= 0.3 is 0 Å². The molecule has 0 spiro atoms. The van der Waals surface area contributed by atoms with E-state index >= 15 is 0 Å². The standard InChI is InChI=1S/C19H17N5O2S/c1-11-22-10-16(27-11)14-6-15(9-20-8-14)23-19(26)13-4-5-21-17(7-13)24-18(25)12-2-3-12/h4-10,12H,2-3H2,1H3,(H,23,26)(H,21,24,25). The normalized spacial score (nSPS) is 13.2. The Morgan fingerprint density at radius 3 is 2.70 bits per heavy atom. The lowest BCUT2D eigenvalue weighted by molar-refractivity contribution is -0.117. The number of hydrogen-bond donors (Lipinski definition) is 2. The van der Waals surface area contributed by atoms with Crippen LogP contribution in [0.25, 0.3) is 10.4 Å². The molecule has 0 aromatic carbocycles. The van der Waals surface area contributed by atoms with Gasteiger partial charge in [0.15, 0.2) is 0 Å². The Labute approximate surface area is 159 Å². The Balaban J connectivity index is 1.48. The third-order valence-corrected chi connectivity index (χ3v) is 5.09. The number of carbonyl (C=O) groups is 2. The van der Waals surface area contributed by atoms with Crippen LogP contribution in [0.3, 0.4) is 0 Å². The third kappa shape index (κ3) is 4.17. The number of aromatic nitrogens is 3. The third-order valence-electron chi connectivity index (χ3n) is 4.12. The van der Waals surface area contributed by atoms with Gasteiger partial charge in [-0.05, 0) is 38.0 Å². The van der Waals surface area contributed by atoms with Crippen molar-refractivity contribution in [1.82, 2.24) is 15.0 Å². The van der Waals surface area contributed by atoms with Crippen LogP contribution in [0.15, 0.2) is 43.0 Å². The zero-order valence-electron chi connectivity index (χ0n) is 14.6. The second-order valence-electron chi connectivity index (χ2n) is 6.35. The van der Waals surface area contributed by atoms with Gasteiger partial charge in [-0.3, -0.25) is 14.6 Å². The van der Waals surface area contributed by atoms with Crippen molar-refractivity contribution in [2.24, 2.45) is 5.92 Å².